The molecule has 1 saturated heterocycles. The standard InChI is InChI=1S/C15H21NO2/c1-11(2)16-10-14(9-15(16)12(3)17)18-13-7-5-4-6-8-13/h4-8,11,14-15H,9-10H2,1-3H3/t14?,15-/m0/s1. The summed E-state index contributed by atoms with van der Waals surface area (Å²) in [7, 11) is 0. The van der Waals surface area contributed by atoms with E-state index < -0.39 is 0 Å². The highest BCUT2D eigenvalue weighted by atomic mass is 16.5. The zero-order valence-corrected chi connectivity index (χ0v) is 11.3. The van der Waals surface area contributed by atoms with Crippen molar-refractivity contribution in [3.63, 3.8) is 0 Å². The van der Waals surface area contributed by atoms with Gasteiger partial charge >= 0.3 is 0 Å². The zero-order chi connectivity index (χ0) is 13.1. The van der Waals surface area contributed by atoms with Crippen LogP contribution in [-0.4, -0.2) is 35.4 Å². The summed E-state index contributed by atoms with van der Waals surface area (Å²) in [6, 6.07) is 10.2. The molecule has 2 atom stereocenters. The predicted molar refractivity (Wildman–Crippen MR) is 71.8 cm³/mol. The van der Waals surface area contributed by atoms with Crippen LogP contribution in [0.3, 0.4) is 0 Å². The van der Waals surface area contributed by atoms with E-state index in [0.717, 1.165) is 18.7 Å². The second-order valence-electron chi connectivity index (χ2n) is 5.21. The number of nitrogens with zero attached hydrogens (tertiary/aromatic N) is 1. The smallest absolute Gasteiger partial charge is 0.147 e. The van der Waals surface area contributed by atoms with Crippen LogP contribution in [0.4, 0.5) is 0 Å². The van der Waals surface area contributed by atoms with Gasteiger partial charge in [0.2, 0.25) is 0 Å². The monoisotopic (exact) mass is 247 g/mol. The van der Waals surface area contributed by atoms with Crippen molar-refractivity contribution in [3.8, 4) is 5.75 Å². The van der Waals surface area contributed by atoms with Crippen LogP contribution in [0, 0.1) is 0 Å². The van der Waals surface area contributed by atoms with Crippen molar-refractivity contribution in [1.82, 2.24) is 4.90 Å². The van der Waals surface area contributed by atoms with Crippen molar-refractivity contribution in [2.45, 2.75) is 45.4 Å². The Labute approximate surface area is 109 Å². The average molecular weight is 247 g/mol. The summed E-state index contributed by atoms with van der Waals surface area (Å²) in [5.74, 6) is 1.12. The molecule has 1 unspecified atom stereocenters. The zero-order valence-electron chi connectivity index (χ0n) is 11.3. The number of carbonyl (C=O) groups excluding carboxylic acids is 1. The van der Waals surface area contributed by atoms with Crippen molar-refractivity contribution in [1.29, 1.82) is 0 Å². The molecule has 1 aromatic rings. The van der Waals surface area contributed by atoms with E-state index in [1.54, 1.807) is 6.92 Å². The summed E-state index contributed by atoms with van der Waals surface area (Å²) in [6.07, 6.45) is 0.909. The van der Waals surface area contributed by atoms with E-state index in [1.165, 1.54) is 0 Å². The van der Waals surface area contributed by atoms with Crippen molar-refractivity contribution in [2.24, 2.45) is 0 Å². The van der Waals surface area contributed by atoms with Crippen LogP contribution in [0.1, 0.15) is 27.2 Å². The van der Waals surface area contributed by atoms with E-state index in [9.17, 15) is 4.79 Å². The Kier molecular flexibility index (Phi) is 4.02. The van der Waals surface area contributed by atoms with Gasteiger partial charge in [-0.3, -0.25) is 9.69 Å². The van der Waals surface area contributed by atoms with Gasteiger partial charge in [-0.25, -0.2) is 0 Å². The Morgan fingerprint density at radius 1 is 1.33 bits per heavy atom. The van der Waals surface area contributed by atoms with Crippen LogP contribution in [0.5, 0.6) is 5.75 Å². The van der Waals surface area contributed by atoms with Crippen LogP contribution in [0.2, 0.25) is 0 Å². The molecule has 3 nitrogen and oxygen atoms in total. The van der Waals surface area contributed by atoms with Crippen LogP contribution >= 0.6 is 0 Å². The quantitative estimate of drug-likeness (QED) is 0.818. The highest BCUT2D eigenvalue weighted by Crippen LogP contribution is 2.25. The minimum atomic E-state index is 0.0127. The normalized spacial score (nSPS) is 24.4. The molecule has 98 valence electrons. The van der Waals surface area contributed by atoms with Gasteiger partial charge in [-0.1, -0.05) is 18.2 Å². The largest absolute Gasteiger partial charge is 0.489 e. The Morgan fingerprint density at radius 3 is 2.50 bits per heavy atom. The topological polar surface area (TPSA) is 29.5 Å². The van der Waals surface area contributed by atoms with Gasteiger partial charge in [-0.15, -0.1) is 0 Å². The molecule has 1 fully saturated rings. The Balaban J connectivity index is 2.03. The summed E-state index contributed by atoms with van der Waals surface area (Å²) in [5, 5.41) is 0. The SMILES string of the molecule is CC(=O)[C@@H]1CC(Oc2ccccc2)CN1C(C)C. The molecule has 18 heavy (non-hydrogen) atoms. The predicted octanol–water partition coefficient (Wildman–Crippen LogP) is 2.51. The lowest BCUT2D eigenvalue weighted by molar-refractivity contribution is -0.121. The molecular weight excluding hydrogens is 226 g/mol. The molecule has 0 aromatic heterocycles. The fourth-order valence-electron chi connectivity index (χ4n) is 2.57. The van der Waals surface area contributed by atoms with Crippen molar-refractivity contribution >= 4 is 5.78 Å². The fourth-order valence-corrected chi connectivity index (χ4v) is 2.57. The molecular formula is C15H21NO2. The first-order chi connectivity index (χ1) is 8.58. The van der Waals surface area contributed by atoms with E-state index in [4.69, 9.17) is 4.74 Å². The molecule has 0 amide bonds. The van der Waals surface area contributed by atoms with Crippen LogP contribution < -0.4 is 4.74 Å². The Bertz CT molecular complexity index is 402. The summed E-state index contributed by atoms with van der Waals surface area (Å²) in [6.45, 7) is 6.75. The molecule has 0 radical (unpaired) electrons. The Hall–Kier alpha value is -1.35. The number of hydrogen-bond acceptors (Lipinski definition) is 3. The molecule has 0 saturated carbocycles. The number of Topliss-reactive ketones (excluding diaryl/α,β-unsaturated/α-hetero) is 1. The second kappa shape index (κ2) is 5.53. The third-order valence-electron chi connectivity index (χ3n) is 3.48. The number of hydrogen-bond donors (Lipinski definition) is 0. The average Bonchev–Trinajstić information content (AvgIpc) is 2.74. The minimum absolute atomic E-state index is 0.0127. The first-order valence-electron chi connectivity index (χ1n) is 6.56. The third-order valence-corrected chi connectivity index (χ3v) is 3.48. The summed E-state index contributed by atoms with van der Waals surface area (Å²) < 4.78 is 5.94. The highest BCUT2D eigenvalue weighted by molar-refractivity contribution is 5.81. The van der Waals surface area contributed by atoms with Crippen LogP contribution in [0.25, 0.3) is 0 Å². The van der Waals surface area contributed by atoms with Crippen molar-refractivity contribution in [2.75, 3.05) is 6.54 Å². The molecule has 1 aliphatic rings. The molecule has 1 aromatic carbocycles. The number of likely N-dealkylation sites (tertiary alicyclic amines) is 1. The van der Waals surface area contributed by atoms with Gasteiger partial charge in [-0.2, -0.15) is 0 Å². The third kappa shape index (κ3) is 2.91. The van der Waals surface area contributed by atoms with E-state index in [1.807, 2.05) is 30.3 Å². The fraction of sp³-hybridized carbons (Fsp3) is 0.533. The highest BCUT2D eigenvalue weighted by Gasteiger charge is 2.37. The number of para-hydroxylation sites is 1. The lowest BCUT2D eigenvalue weighted by Gasteiger charge is -2.25. The second-order valence-corrected chi connectivity index (χ2v) is 5.21. The first kappa shape index (κ1) is 13.1. The lowest BCUT2D eigenvalue weighted by atomic mass is 10.1. The van der Waals surface area contributed by atoms with Crippen LogP contribution in [-0.2, 0) is 4.79 Å². The molecule has 0 aliphatic carbocycles. The van der Waals surface area contributed by atoms with E-state index in [0.29, 0.717) is 6.04 Å². The van der Waals surface area contributed by atoms with Gasteiger partial charge in [0.15, 0.2) is 0 Å². The maximum atomic E-state index is 11.7. The van der Waals surface area contributed by atoms with Crippen molar-refractivity contribution < 1.29 is 9.53 Å². The molecule has 0 spiro atoms. The molecule has 2 rings (SSSR count). The molecule has 1 heterocycles. The Morgan fingerprint density at radius 2 is 2.00 bits per heavy atom. The van der Waals surface area contributed by atoms with Gasteiger partial charge in [-0.05, 0) is 32.9 Å². The van der Waals surface area contributed by atoms with E-state index >= 15 is 0 Å². The van der Waals surface area contributed by atoms with Gasteiger partial charge < -0.3 is 4.74 Å². The molecule has 3 heteroatoms. The van der Waals surface area contributed by atoms with Gasteiger partial charge in [0, 0.05) is 19.0 Å². The number of ether oxygens (including phenoxy) is 1. The van der Waals surface area contributed by atoms with Gasteiger partial charge in [0.1, 0.15) is 17.6 Å². The van der Waals surface area contributed by atoms with Crippen molar-refractivity contribution in [3.05, 3.63) is 30.3 Å². The van der Waals surface area contributed by atoms with E-state index in [-0.39, 0.29) is 17.9 Å². The maximum absolute atomic E-state index is 11.7. The van der Waals surface area contributed by atoms with Gasteiger partial charge in [0.25, 0.3) is 0 Å². The molecule has 0 N–H and O–H groups in total. The number of ketones is 1. The van der Waals surface area contributed by atoms with E-state index in [2.05, 4.69) is 18.7 Å². The number of benzene rings is 1. The maximum Gasteiger partial charge on any atom is 0.147 e. The number of carbonyl (C=O) groups is 1. The van der Waals surface area contributed by atoms with Crippen LogP contribution in [0.15, 0.2) is 30.3 Å². The number of rotatable bonds is 4. The summed E-state index contributed by atoms with van der Waals surface area (Å²) in [5.41, 5.74) is 0. The molecule has 0 bridgehead atoms. The molecule has 1 aliphatic heterocycles. The first-order valence-corrected chi connectivity index (χ1v) is 6.56. The summed E-state index contributed by atoms with van der Waals surface area (Å²) in [4.78, 5) is 13.9. The minimum Gasteiger partial charge on any atom is -0.489 e. The summed E-state index contributed by atoms with van der Waals surface area (Å²) >= 11 is 0. The van der Waals surface area contributed by atoms with Gasteiger partial charge in [0.05, 0.1) is 6.04 Å². The lowest BCUT2D eigenvalue weighted by Crippen LogP contribution is -2.39.